The van der Waals surface area contributed by atoms with E-state index >= 15 is 0 Å². The van der Waals surface area contributed by atoms with Gasteiger partial charge in [0.05, 0.1) is 6.04 Å². The molecule has 4 heteroatoms. The third kappa shape index (κ3) is 3.48. The van der Waals surface area contributed by atoms with Crippen LogP contribution in [0.2, 0.25) is 0 Å². The number of rotatable bonds is 4. The van der Waals surface area contributed by atoms with Gasteiger partial charge in [0.25, 0.3) is 0 Å². The molecule has 25 heavy (non-hydrogen) atoms. The summed E-state index contributed by atoms with van der Waals surface area (Å²) in [7, 11) is 0. The highest BCUT2D eigenvalue weighted by Crippen LogP contribution is 2.32. The summed E-state index contributed by atoms with van der Waals surface area (Å²) in [6, 6.07) is 13.9. The molecule has 0 saturated carbocycles. The summed E-state index contributed by atoms with van der Waals surface area (Å²) in [4.78, 5) is 15.0. The molecule has 0 aromatic heterocycles. The highest BCUT2D eigenvalue weighted by atomic mass is 16.2. The SMILES string of the molecule is Cc1ccccc1C(C)NC(=O)C(C)N1CCCc2c(N)cccc21. The van der Waals surface area contributed by atoms with Gasteiger partial charge in [-0.3, -0.25) is 4.79 Å². The predicted molar refractivity (Wildman–Crippen MR) is 104 cm³/mol. The summed E-state index contributed by atoms with van der Waals surface area (Å²) in [6.45, 7) is 6.96. The largest absolute Gasteiger partial charge is 0.398 e. The maximum atomic E-state index is 12.8. The van der Waals surface area contributed by atoms with Gasteiger partial charge in [0.1, 0.15) is 6.04 Å². The Labute approximate surface area is 150 Å². The Morgan fingerprint density at radius 2 is 1.92 bits per heavy atom. The molecule has 4 nitrogen and oxygen atoms in total. The van der Waals surface area contributed by atoms with Crippen LogP contribution in [0.4, 0.5) is 11.4 Å². The summed E-state index contributed by atoms with van der Waals surface area (Å²) in [6.07, 6.45) is 2.00. The van der Waals surface area contributed by atoms with Crippen molar-refractivity contribution in [2.45, 2.75) is 45.7 Å². The van der Waals surface area contributed by atoms with Gasteiger partial charge < -0.3 is 16.0 Å². The zero-order chi connectivity index (χ0) is 18.0. The van der Waals surface area contributed by atoms with Crippen molar-refractivity contribution >= 4 is 17.3 Å². The van der Waals surface area contributed by atoms with Crippen LogP contribution in [0, 0.1) is 6.92 Å². The second-order valence-electron chi connectivity index (χ2n) is 6.90. The lowest BCUT2D eigenvalue weighted by atomic mass is 9.98. The maximum absolute atomic E-state index is 12.8. The van der Waals surface area contributed by atoms with Gasteiger partial charge in [-0.05, 0) is 62.4 Å². The van der Waals surface area contributed by atoms with Crippen LogP contribution < -0.4 is 16.0 Å². The predicted octanol–water partition coefficient (Wildman–Crippen LogP) is 3.60. The molecular formula is C21H27N3O. The molecule has 0 saturated heterocycles. The summed E-state index contributed by atoms with van der Waals surface area (Å²) < 4.78 is 0. The molecule has 0 fully saturated rings. The molecule has 2 aromatic carbocycles. The molecule has 2 aromatic rings. The third-order valence-electron chi connectivity index (χ3n) is 5.18. The molecule has 132 valence electrons. The molecule has 1 amide bonds. The van der Waals surface area contributed by atoms with Gasteiger partial charge in [0.15, 0.2) is 0 Å². The quantitative estimate of drug-likeness (QED) is 0.838. The van der Waals surface area contributed by atoms with Crippen LogP contribution in [-0.4, -0.2) is 18.5 Å². The van der Waals surface area contributed by atoms with E-state index in [9.17, 15) is 4.79 Å². The van der Waals surface area contributed by atoms with E-state index in [1.165, 1.54) is 11.1 Å². The Kier molecular flexibility index (Phi) is 4.98. The smallest absolute Gasteiger partial charge is 0.242 e. The highest BCUT2D eigenvalue weighted by molar-refractivity contribution is 5.86. The monoisotopic (exact) mass is 337 g/mol. The highest BCUT2D eigenvalue weighted by Gasteiger charge is 2.27. The fraction of sp³-hybridized carbons (Fsp3) is 0.381. The fourth-order valence-electron chi connectivity index (χ4n) is 3.71. The van der Waals surface area contributed by atoms with Crippen LogP contribution in [0.15, 0.2) is 42.5 Å². The molecule has 1 aliphatic rings. The molecule has 1 aliphatic heterocycles. The lowest BCUT2D eigenvalue weighted by Crippen LogP contribution is -2.48. The number of nitrogen functional groups attached to an aromatic ring is 1. The fourth-order valence-corrected chi connectivity index (χ4v) is 3.71. The average Bonchev–Trinajstić information content (AvgIpc) is 2.61. The molecule has 0 aliphatic carbocycles. The van der Waals surface area contributed by atoms with Gasteiger partial charge in [-0.2, -0.15) is 0 Å². The normalized spacial score (nSPS) is 16.0. The minimum absolute atomic E-state index is 0.0127. The van der Waals surface area contributed by atoms with E-state index < -0.39 is 0 Å². The Morgan fingerprint density at radius 3 is 2.68 bits per heavy atom. The second-order valence-corrected chi connectivity index (χ2v) is 6.90. The first kappa shape index (κ1) is 17.3. The van der Waals surface area contributed by atoms with Gasteiger partial charge in [-0.15, -0.1) is 0 Å². The standard InChI is InChI=1S/C21H27N3O/c1-14-8-4-5-9-17(14)15(2)23-21(25)16(3)24-13-7-10-18-19(22)11-6-12-20(18)24/h4-6,8-9,11-12,15-16H,7,10,13,22H2,1-3H3,(H,23,25). The van der Waals surface area contributed by atoms with Crippen LogP contribution >= 0.6 is 0 Å². The van der Waals surface area contributed by atoms with E-state index in [1.807, 2.05) is 38.1 Å². The zero-order valence-electron chi connectivity index (χ0n) is 15.3. The van der Waals surface area contributed by atoms with Crippen LogP contribution in [-0.2, 0) is 11.2 Å². The first-order valence-corrected chi connectivity index (χ1v) is 8.99. The number of benzene rings is 2. The van der Waals surface area contributed by atoms with Crippen molar-refractivity contribution in [1.29, 1.82) is 0 Å². The number of anilines is 2. The molecule has 1 heterocycles. The van der Waals surface area contributed by atoms with Gasteiger partial charge in [0, 0.05) is 17.9 Å². The number of carbonyl (C=O) groups is 1. The molecule has 0 bridgehead atoms. The van der Waals surface area contributed by atoms with Crippen molar-refractivity contribution < 1.29 is 4.79 Å². The molecule has 3 rings (SSSR count). The van der Waals surface area contributed by atoms with Gasteiger partial charge >= 0.3 is 0 Å². The molecular weight excluding hydrogens is 310 g/mol. The van der Waals surface area contributed by atoms with Gasteiger partial charge in [-0.25, -0.2) is 0 Å². The van der Waals surface area contributed by atoms with E-state index in [-0.39, 0.29) is 18.0 Å². The number of fused-ring (bicyclic) bond motifs is 1. The maximum Gasteiger partial charge on any atom is 0.242 e. The van der Waals surface area contributed by atoms with Crippen molar-refractivity contribution in [2.75, 3.05) is 17.2 Å². The summed E-state index contributed by atoms with van der Waals surface area (Å²) in [5.74, 6) is 0.0472. The van der Waals surface area contributed by atoms with Crippen LogP contribution in [0.25, 0.3) is 0 Å². The van der Waals surface area contributed by atoms with E-state index in [0.29, 0.717) is 0 Å². The lowest BCUT2D eigenvalue weighted by molar-refractivity contribution is -0.122. The number of amides is 1. The minimum atomic E-state index is -0.229. The number of nitrogens with zero attached hydrogens (tertiary/aromatic N) is 1. The average molecular weight is 337 g/mol. The lowest BCUT2D eigenvalue weighted by Gasteiger charge is -2.36. The van der Waals surface area contributed by atoms with E-state index in [0.717, 1.165) is 36.3 Å². The van der Waals surface area contributed by atoms with Crippen LogP contribution in [0.1, 0.15) is 43.0 Å². The number of hydrogen-bond donors (Lipinski definition) is 2. The van der Waals surface area contributed by atoms with E-state index in [1.54, 1.807) is 0 Å². The number of nitrogens with one attached hydrogen (secondary N) is 1. The molecule has 3 N–H and O–H groups in total. The first-order chi connectivity index (χ1) is 12.0. The van der Waals surface area contributed by atoms with Crippen molar-refractivity contribution in [3.63, 3.8) is 0 Å². The summed E-state index contributed by atoms with van der Waals surface area (Å²) in [5.41, 5.74) is 11.6. The topological polar surface area (TPSA) is 58.4 Å². The Morgan fingerprint density at radius 1 is 1.16 bits per heavy atom. The van der Waals surface area contributed by atoms with Crippen molar-refractivity contribution in [2.24, 2.45) is 0 Å². The third-order valence-corrected chi connectivity index (χ3v) is 5.18. The molecule has 2 unspecified atom stereocenters. The molecule has 0 spiro atoms. The number of nitrogens with two attached hydrogens (primary N) is 1. The van der Waals surface area contributed by atoms with Gasteiger partial charge in [-0.1, -0.05) is 30.3 Å². The number of carbonyl (C=O) groups excluding carboxylic acids is 1. The van der Waals surface area contributed by atoms with E-state index in [4.69, 9.17) is 5.73 Å². The Bertz CT molecular complexity index is 771. The molecule has 2 atom stereocenters. The first-order valence-electron chi connectivity index (χ1n) is 8.99. The minimum Gasteiger partial charge on any atom is -0.398 e. The second kappa shape index (κ2) is 7.18. The Balaban J connectivity index is 1.76. The molecule has 0 radical (unpaired) electrons. The summed E-state index contributed by atoms with van der Waals surface area (Å²) in [5, 5.41) is 3.17. The van der Waals surface area contributed by atoms with Crippen LogP contribution in [0.3, 0.4) is 0 Å². The zero-order valence-corrected chi connectivity index (χ0v) is 15.3. The van der Waals surface area contributed by atoms with Crippen molar-refractivity contribution in [3.05, 3.63) is 59.2 Å². The van der Waals surface area contributed by atoms with Crippen molar-refractivity contribution in [3.8, 4) is 0 Å². The van der Waals surface area contributed by atoms with Gasteiger partial charge in [0.2, 0.25) is 5.91 Å². The van der Waals surface area contributed by atoms with E-state index in [2.05, 4.69) is 35.3 Å². The number of aryl methyl sites for hydroxylation is 1. The summed E-state index contributed by atoms with van der Waals surface area (Å²) >= 11 is 0. The van der Waals surface area contributed by atoms with Crippen LogP contribution in [0.5, 0.6) is 0 Å². The number of hydrogen-bond acceptors (Lipinski definition) is 3. The van der Waals surface area contributed by atoms with Crippen molar-refractivity contribution in [1.82, 2.24) is 5.32 Å². The Hall–Kier alpha value is -2.49.